The number of para-hydroxylation sites is 1. The number of hydrogen-bond donors (Lipinski definition) is 1. The van der Waals surface area contributed by atoms with E-state index in [-0.39, 0.29) is 17.5 Å². The van der Waals surface area contributed by atoms with Crippen LogP contribution in [0.2, 0.25) is 5.02 Å². The number of anilines is 2. The first-order chi connectivity index (χ1) is 15.1. The van der Waals surface area contributed by atoms with Crippen molar-refractivity contribution in [3.63, 3.8) is 0 Å². The Bertz CT molecular complexity index is 1390. The van der Waals surface area contributed by atoms with Gasteiger partial charge in [-0.3, -0.25) is 9.36 Å². The molecule has 1 aliphatic heterocycles. The third-order valence-corrected chi connectivity index (χ3v) is 5.75. The molecule has 1 aromatic carbocycles. The zero-order valence-electron chi connectivity index (χ0n) is 16.4. The summed E-state index contributed by atoms with van der Waals surface area (Å²) in [6, 6.07) is 10.8. The Labute approximate surface area is 182 Å². The third kappa shape index (κ3) is 3.10. The number of nitrogens with zero attached hydrogens (tertiary/aromatic N) is 6. The average molecular weight is 432 g/mol. The van der Waals surface area contributed by atoms with E-state index in [4.69, 9.17) is 28.9 Å². The molecule has 1 aliphatic rings. The maximum absolute atomic E-state index is 13.5. The van der Waals surface area contributed by atoms with Crippen molar-refractivity contribution in [2.75, 3.05) is 17.2 Å². The molecule has 154 valence electrons. The van der Waals surface area contributed by atoms with Crippen LogP contribution in [0.15, 0.2) is 53.6 Å². The van der Waals surface area contributed by atoms with E-state index < -0.39 is 0 Å². The molecule has 5 rings (SSSR count). The van der Waals surface area contributed by atoms with Crippen molar-refractivity contribution >= 4 is 28.9 Å². The SMILES string of the molecule is C#Cc1cnc(N)nc1N1CCCC1c1nn2ccc(Cl)c2c(=O)n1-c1ccccc1. The van der Waals surface area contributed by atoms with E-state index in [2.05, 4.69) is 15.9 Å². The Balaban J connectivity index is 1.76. The molecule has 9 heteroatoms. The Morgan fingerprint density at radius 2 is 2.03 bits per heavy atom. The highest BCUT2D eigenvalue weighted by Crippen LogP contribution is 2.36. The Morgan fingerprint density at radius 1 is 1.23 bits per heavy atom. The lowest BCUT2D eigenvalue weighted by atomic mass is 10.1. The van der Waals surface area contributed by atoms with E-state index in [9.17, 15) is 4.79 Å². The summed E-state index contributed by atoms with van der Waals surface area (Å²) >= 11 is 6.29. The first kappa shape index (κ1) is 19.2. The zero-order valence-corrected chi connectivity index (χ0v) is 17.2. The number of benzene rings is 1. The van der Waals surface area contributed by atoms with Gasteiger partial charge in [0, 0.05) is 12.7 Å². The zero-order chi connectivity index (χ0) is 21.5. The number of nitrogen functional groups attached to an aromatic ring is 1. The number of halogens is 1. The van der Waals surface area contributed by atoms with E-state index in [1.54, 1.807) is 23.0 Å². The second-order valence-corrected chi connectivity index (χ2v) is 7.66. The van der Waals surface area contributed by atoms with Crippen LogP contribution in [-0.2, 0) is 0 Å². The number of hydrogen-bond acceptors (Lipinski definition) is 6. The third-order valence-electron chi connectivity index (χ3n) is 5.44. The molecular formula is C22H18ClN7O. The second-order valence-electron chi connectivity index (χ2n) is 7.25. The van der Waals surface area contributed by atoms with Gasteiger partial charge in [-0.15, -0.1) is 6.42 Å². The minimum absolute atomic E-state index is 0.140. The van der Waals surface area contributed by atoms with Crippen LogP contribution in [0, 0.1) is 12.3 Å². The van der Waals surface area contributed by atoms with Crippen molar-refractivity contribution in [3.05, 3.63) is 75.6 Å². The van der Waals surface area contributed by atoms with Crippen LogP contribution in [0.5, 0.6) is 0 Å². The highest BCUT2D eigenvalue weighted by molar-refractivity contribution is 6.33. The molecule has 8 nitrogen and oxygen atoms in total. The summed E-state index contributed by atoms with van der Waals surface area (Å²) in [6.07, 6.45) is 10.6. The van der Waals surface area contributed by atoms with Crippen molar-refractivity contribution in [2.45, 2.75) is 18.9 Å². The fourth-order valence-electron chi connectivity index (χ4n) is 4.09. The molecule has 1 unspecified atom stereocenters. The summed E-state index contributed by atoms with van der Waals surface area (Å²) in [7, 11) is 0. The van der Waals surface area contributed by atoms with Gasteiger partial charge in [-0.2, -0.15) is 10.1 Å². The van der Waals surface area contributed by atoms with E-state index >= 15 is 0 Å². The van der Waals surface area contributed by atoms with Gasteiger partial charge >= 0.3 is 0 Å². The minimum Gasteiger partial charge on any atom is -0.368 e. The van der Waals surface area contributed by atoms with E-state index in [1.165, 1.54) is 4.52 Å². The lowest BCUT2D eigenvalue weighted by Gasteiger charge is -2.28. The summed E-state index contributed by atoms with van der Waals surface area (Å²) in [4.78, 5) is 24.0. The number of rotatable bonds is 3. The van der Waals surface area contributed by atoms with Crippen molar-refractivity contribution < 1.29 is 0 Å². The van der Waals surface area contributed by atoms with Crippen molar-refractivity contribution in [3.8, 4) is 18.0 Å². The number of fused-ring (bicyclic) bond motifs is 1. The predicted octanol–water partition coefficient (Wildman–Crippen LogP) is 2.83. The van der Waals surface area contributed by atoms with Gasteiger partial charge in [-0.1, -0.05) is 35.7 Å². The Morgan fingerprint density at radius 3 is 2.81 bits per heavy atom. The predicted molar refractivity (Wildman–Crippen MR) is 119 cm³/mol. The Kier molecular flexibility index (Phi) is 4.60. The molecule has 1 atom stereocenters. The van der Waals surface area contributed by atoms with Gasteiger partial charge in [-0.05, 0) is 31.0 Å². The largest absolute Gasteiger partial charge is 0.368 e. The molecule has 0 saturated carbocycles. The van der Waals surface area contributed by atoms with Gasteiger partial charge < -0.3 is 10.6 Å². The maximum Gasteiger partial charge on any atom is 0.284 e. The minimum atomic E-state index is -0.238. The van der Waals surface area contributed by atoms with Crippen LogP contribution in [0.3, 0.4) is 0 Å². The van der Waals surface area contributed by atoms with Crippen LogP contribution >= 0.6 is 11.6 Å². The monoisotopic (exact) mass is 431 g/mol. The van der Waals surface area contributed by atoms with E-state index in [0.717, 1.165) is 12.8 Å². The molecule has 4 heterocycles. The topological polar surface area (TPSA) is 94.3 Å². The smallest absolute Gasteiger partial charge is 0.284 e. The van der Waals surface area contributed by atoms with Crippen LogP contribution in [0.25, 0.3) is 11.2 Å². The van der Waals surface area contributed by atoms with Gasteiger partial charge in [0.15, 0.2) is 11.6 Å². The molecule has 0 spiro atoms. The van der Waals surface area contributed by atoms with Crippen LogP contribution in [-0.4, -0.2) is 30.7 Å². The normalized spacial score (nSPS) is 16.0. The average Bonchev–Trinajstić information content (AvgIpc) is 3.41. The highest BCUT2D eigenvalue weighted by atomic mass is 35.5. The summed E-state index contributed by atoms with van der Waals surface area (Å²) in [5.74, 6) is 3.91. The molecular weight excluding hydrogens is 414 g/mol. The van der Waals surface area contributed by atoms with E-state index in [0.29, 0.717) is 40.0 Å². The molecule has 0 radical (unpaired) electrons. The van der Waals surface area contributed by atoms with E-state index in [1.807, 2.05) is 35.2 Å². The molecule has 31 heavy (non-hydrogen) atoms. The van der Waals surface area contributed by atoms with Crippen molar-refractivity contribution in [1.82, 2.24) is 24.1 Å². The molecule has 2 N–H and O–H groups in total. The molecule has 1 fully saturated rings. The Hall–Kier alpha value is -3.83. The maximum atomic E-state index is 13.5. The molecule has 0 bridgehead atoms. The summed E-state index contributed by atoms with van der Waals surface area (Å²) < 4.78 is 3.15. The van der Waals surface area contributed by atoms with Gasteiger partial charge in [0.2, 0.25) is 5.95 Å². The van der Waals surface area contributed by atoms with Gasteiger partial charge in [0.05, 0.1) is 28.5 Å². The molecule has 4 aromatic rings. The van der Waals surface area contributed by atoms with Gasteiger partial charge in [0.1, 0.15) is 5.52 Å². The molecule has 0 amide bonds. The first-order valence-electron chi connectivity index (χ1n) is 9.79. The number of nitrogens with two attached hydrogens (primary N) is 1. The molecule has 1 saturated heterocycles. The van der Waals surface area contributed by atoms with Gasteiger partial charge in [0.25, 0.3) is 5.56 Å². The van der Waals surface area contributed by atoms with Gasteiger partial charge in [-0.25, -0.2) is 9.50 Å². The fraction of sp³-hybridized carbons (Fsp3) is 0.182. The lowest BCUT2D eigenvalue weighted by molar-refractivity contribution is 0.601. The lowest BCUT2D eigenvalue weighted by Crippen LogP contribution is -2.33. The van der Waals surface area contributed by atoms with Crippen molar-refractivity contribution in [1.29, 1.82) is 0 Å². The summed E-state index contributed by atoms with van der Waals surface area (Å²) in [5, 5.41) is 5.15. The molecule has 0 aliphatic carbocycles. The fourth-order valence-corrected chi connectivity index (χ4v) is 4.31. The molecule has 3 aromatic heterocycles. The second kappa shape index (κ2) is 7.45. The van der Waals surface area contributed by atoms with Crippen molar-refractivity contribution in [2.24, 2.45) is 0 Å². The number of aromatic nitrogens is 5. The first-order valence-corrected chi connectivity index (χ1v) is 10.2. The summed E-state index contributed by atoms with van der Waals surface area (Å²) in [5.41, 5.74) is 7.19. The van der Waals surface area contributed by atoms with Crippen LogP contribution in [0.1, 0.15) is 30.3 Å². The van der Waals surface area contributed by atoms with Crippen LogP contribution < -0.4 is 16.2 Å². The standard InChI is InChI=1S/C22H18ClN7O/c1-2-14-13-25-22(24)26-19(14)28-11-6-9-17(28)20-27-29-12-10-16(23)18(29)21(31)30(20)15-7-4-3-5-8-15/h1,3-5,7-8,10,12-13,17H,6,9,11H2,(H2,24,25,26). The van der Waals surface area contributed by atoms with Crippen LogP contribution in [0.4, 0.5) is 11.8 Å². The highest BCUT2D eigenvalue weighted by Gasteiger charge is 2.33. The number of terminal acetylenes is 1. The summed E-state index contributed by atoms with van der Waals surface area (Å²) in [6.45, 7) is 0.699. The quantitative estimate of drug-likeness (QED) is 0.501.